The van der Waals surface area contributed by atoms with E-state index in [9.17, 15) is 9.59 Å². The highest BCUT2D eigenvalue weighted by atomic mass is 16.5. The van der Waals surface area contributed by atoms with Gasteiger partial charge in [-0.15, -0.1) is 0 Å². The van der Waals surface area contributed by atoms with Crippen molar-refractivity contribution in [3.63, 3.8) is 0 Å². The summed E-state index contributed by atoms with van der Waals surface area (Å²) in [6.45, 7) is 10.5. The van der Waals surface area contributed by atoms with Crippen LogP contribution in [0.3, 0.4) is 0 Å². The van der Waals surface area contributed by atoms with Crippen LogP contribution >= 0.6 is 0 Å². The zero-order valence-electron chi connectivity index (χ0n) is 21.2. The van der Waals surface area contributed by atoms with E-state index in [0.29, 0.717) is 24.5 Å². The molecule has 0 aliphatic carbocycles. The van der Waals surface area contributed by atoms with Crippen LogP contribution in [0.15, 0.2) is 53.5 Å². The molecule has 1 N–H and O–H groups in total. The fourth-order valence-electron chi connectivity index (χ4n) is 3.65. The number of aromatic nitrogens is 1. The van der Waals surface area contributed by atoms with Crippen LogP contribution in [0.4, 0.5) is 0 Å². The van der Waals surface area contributed by atoms with Gasteiger partial charge in [0, 0.05) is 31.2 Å². The van der Waals surface area contributed by atoms with Crippen molar-refractivity contribution in [1.29, 1.82) is 0 Å². The molecule has 6 nitrogen and oxygen atoms in total. The molecule has 0 fully saturated rings. The summed E-state index contributed by atoms with van der Waals surface area (Å²) >= 11 is 0. The Kier molecular flexibility index (Phi) is 11.4. The number of pyridine rings is 1. The van der Waals surface area contributed by atoms with E-state index >= 15 is 0 Å². The molecule has 1 heterocycles. The molecule has 1 aromatic carbocycles. The van der Waals surface area contributed by atoms with Crippen molar-refractivity contribution < 1.29 is 14.3 Å². The van der Waals surface area contributed by atoms with Gasteiger partial charge in [0.2, 0.25) is 11.8 Å². The van der Waals surface area contributed by atoms with Crippen molar-refractivity contribution in [2.45, 2.75) is 72.4 Å². The lowest BCUT2D eigenvalue weighted by Crippen LogP contribution is -2.36. The van der Waals surface area contributed by atoms with Gasteiger partial charge < -0.3 is 10.1 Å². The molecule has 1 amide bonds. The highest BCUT2D eigenvalue weighted by Gasteiger charge is 2.28. The highest BCUT2D eigenvalue weighted by Crippen LogP contribution is 2.19. The topological polar surface area (TPSA) is 80.7 Å². The maximum Gasteiger partial charge on any atom is 0.223 e. The van der Waals surface area contributed by atoms with E-state index in [0.717, 1.165) is 18.4 Å². The van der Waals surface area contributed by atoms with Crippen LogP contribution in [0.1, 0.15) is 65.1 Å². The lowest BCUT2D eigenvalue weighted by molar-refractivity contribution is -0.130. The molecule has 0 saturated carbocycles. The smallest absolute Gasteiger partial charge is 0.223 e. The third-order valence-electron chi connectivity index (χ3n) is 5.40. The number of carbonyl (C=O) groups excluding carboxylic acids is 2. The van der Waals surface area contributed by atoms with Crippen LogP contribution in [0.5, 0.6) is 5.88 Å². The monoisotopic (exact) mass is 465 g/mol. The number of unbranched alkanes of at least 4 members (excludes halogenated alkanes) is 1. The molecule has 0 aliphatic heterocycles. The van der Waals surface area contributed by atoms with E-state index in [1.807, 2.05) is 70.2 Å². The number of amides is 1. The fourth-order valence-corrected chi connectivity index (χ4v) is 3.65. The van der Waals surface area contributed by atoms with Gasteiger partial charge in [-0.3, -0.25) is 14.6 Å². The molecule has 2 aromatic rings. The summed E-state index contributed by atoms with van der Waals surface area (Å²) in [5.41, 5.74) is 1.68. The second kappa shape index (κ2) is 14.3. The first kappa shape index (κ1) is 27.2. The van der Waals surface area contributed by atoms with E-state index in [1.54, 1.807) is 12.3 Å². The largest absolute Gasteiger partial charge is 0.475 e. The Hall–Kier alpha value is -3.02. The summed E-state index contributed by atoms with van der Waals surface area (Å²) in [7, 11) is 0. The molecule has 2 atom stereocenters. The van der Waals surface area contributed by atoms with Gasteiger partial charge in [-0.2, -0.15) is 0 Å². The molecule has 1 aromatic heterocycles. The number of nitrogens with zero attached hydrogens (tertiary/aromatic N) is 2. The minimum absolute atomic E-state index is 0.000579. The van der Waals surface area contributed by atoms with E-state index in [4.69, 9.17) is 4.74 Å². The van der Waals surface area contributed by atoms with Crippen molar-refractivity contribution in [1.82, 2.24) is 10.3 Å². The second-order valence-corrected chi connectivity index (χ2v) is 9.24. The van der Waals surface area contributed by atoms with E-state index in [2.05, 4.69) is 22.2 Å². The van der Waals surface area contributed by atoms with Gasteiger partial charge in [0.15, 0.2) is 5.78 Å². The normalized spacial score (nSPS) is 13.3. The van der Waals surface area contributed by atoms with Crippen molar-refractivity contribution in [3.05, 3.63) is 59.8 Å². The van der Waals surface area contributed by atoms with Crippen molar-refractivity contribution >= 4 is 17.9 Å². The van der Waals surface area contributed by atoms with Crippen LogP contribution in [0.25, 0.3) is 0 Å². The zero-order valence-corrected chi connectivity index (χ0v) is 21.2. The number of hydrogen-bond acceptors (Lipinski definition) is 5. The lowest BCUT2D eigenvalue weighted by Gasteiger charge is -2.20. The Morgan fingerprint density at radius 1 is 1.06 bits per heavy atom. The maximum atomic E-state index is 13.3. The average Bonchev–Trinajstić information content (AvgIpc) is 2.79. The van der Waals surface area contributed by atoms with Crippen LogP contribution in [-0.4, -0.2) is 41.6 Å². The van der Waals surface area contributed by atoms with Gasteiger partial charge in [-0.1, -0.05) is 63.6 Å². The van der Waals surface area contributed by atoms with E-state index in [1.165, 1.54) is 0 Å². The first-order chi connectivity index (χ1) is 16.3. The second-order valence-electron chi connectivity index (χ2n) is 9.24. The Bertz CT molecular complexity index is 926. The number of carbonyl (C=O) groups is 2. The average molecular weight is 466 g/mol. The summed E-state index contributed by atoms with van der Waals surface area (Å²) in [5, 5.41) is 3.00. The molecule has 34 heavy (non-hydrogen) atoms. The van der Waals surface area contributed by atoms with Crippen molar-refractivity contribution in [2.75, 3.05) is 6.54 Å². The van der Waals surface area contributed by atoms with E-state index in [-0.39, 0.29) is 30.1 Å². The van der Waals surface area contributed by atoms with Crippen LogP contribution < -0.4 is 10.1 Å². The molecule has 184 valence electrons. The fraction of sp³-hybridized carbons (Fsp3) is 0.500. The summed E-state index contributed by atoms with van der Waals surface area (Å²) < 4.78 is 5.65. The molecule has 2 rings (SSSR count). The number of rotatable bonds is 14. The van der Waals surface area contributed by atoms with Gasteiger partial charge in [0.25, 0.3) is 0 Å². The molecule has 0 saturated heterocycles. The molecular weight excluding hydrogens is 426 g/mol. The van der Waals surface area contributed by atoms with E-state index < -0.39 is 12.0 Å². The first-order valence-corrected chi connectivity index (χ1v) is 12.3. The molecule has 6 heteroatoms. The third-order valence-corrected chi connectivity index (χ3v) is 5.40. The first-order valence-electron chi connectivity index (χ1n) is 12.3. The van der Waals surface area contributed by atoms with Gasteiger partial charge in [0.1, 0.15) is 6.04 Å². The number of Topliss-reactive ketones (excluding diaryl/α,β-unsaturated/α-hetero) is 1. The molecule has 0 spiro atoms. The predicted molar refractivity (Wildman–Crippen MR) is 137 cm³/mol. The van der Waals surface area contributed by atoms with Crippen LogP contribution in [-0.2, 0) is 16.0 Å². The minimum atomic E-state index is -0.543. The Morgan fingerprint density at radius 3 is 2.44 bits per heavy atom. The molecular formula is C28H39N3O3. The van der Waals surface area contributed by atoms with Gasteiger partial charge >= 0.3 is 0 Å². The van der Waals surface area contributed by atoms with Gasteiger partial charge in [-0.05, 0) is 44.2 Å². The van der Waals surface area contributed by atoms with Gasteiger partial charge in [-0.25, -0.2) is 4.98 Å². The Labute approximate surface area is 204 Å². The number of nitrogens with one attached hydrogen (secondary N) is 1. The maximum absolute atomic E-state index is 13.3. The van der Waals surface area contributed by atoms with Crippen molar-refractivity contribution in [2.24, 2.45) is 16.8 Å². The predicted octanol–water partition coefficient (Wildman–Crippen LogP) is 5.05. The minimum Gasteiger partial charge on any atom is -0.475 e. The summed E-state index contributed by atoms with van der Waals surface area (Å²) in [6, 6.07) is 14.8. The van der Waals surface area contributed by atoms with Crippen LogP contribution in [0, 0.1) is 11.8 Å². The quantitative estimate of drug-likeness (QED) is 0.313. The van der Waals surface area contributed by atoms with Crippen molar-refractivity contribution in [3.8, 4) is 5.88 Å². The Morgan fingerprint density at radius 2 is 1.79 bits per heavy atom. The number of ether oxygens (including phenoxy) is 1. The van der Waals surface area contributed by atoms with Gasteiger partial charge in [0.05, 0.1) is 11.8 Å². The number of aliphatic imine (C=N–C) groups is 1. The standard InChI is InChI=1S/C28H39N3O3/c1-6-7-16-29-28(33)23(17-22-12-9-8-10-13-22)18-25(32)27(20(2)3)30-19-24-14-11-15-26(31-24)34-21(4)5/h8-15,19-21,23,27H,6-7,16-18H2,1-5H3,(H,29,33)/t23-,27+/m1/s1. The van der Waals surface area contributed by atoms with Crippen LogP contribution in [0.2, 0.25) is 0 Å². The lowest BCUT2D eigenvalue weighted by atomic mass is 9.88. The SMILES string of the molecule is CCCCNC(=O)[C@@H](CC(=O)[C@@H](N=Cc1cccc(OC(C)C)n1)C(C)C)Cc1ccccc1. The molecule has 0 radical (unpaired) electrons. The molecule has 0 unspecified atom stereocenters. The summed E-state index contributed by atoms with van der Waals surface area (Å²) in [6.07, 6.45) is 4.25. The molecule has 0 bridgehead atoms. The number of hydrogen-bond donors (Lipinski definition) is 1. The highest BCUT2D eigenvalue weighted by molar-refractivity contribution is 5.91. The third kappa shape index (κ3) is 9.46. The molecule has 0 aliphatic rings. The Balaban J connectivity index is 2.15. The number of ketones is 1. The number of benzene rings is 1. The zero-order chi connectivity index (χ0) is 24.9. The summed E-state index contributed by atoms with van der Waals surface area (Å²) in [4.78, 5) is 35.3. The summed E-state index contributed by atoms with van der Waals surface area (Å²) in [5.74, 6) is -0.00808.